The molecule has 3 N–H and O–H groups in total. The van der Waals surface area contributed by atoms with E-state index in [9.17, 15) is 24.6 Å². The Balaban J connectivity index is 1.83. The molecule has 2 amide bonds. The molecule has 13 heteroatoms. The van der Waals surface area contributed by atoms with Crippen molar-refractivity contribution in [2.45, 2.75) is 89.3 Å². The predicted molar refractivity (Wildman–Crippen MR) is 165 cm³/mol. The van der Waals surface area contributed by atoms with Gasteiger partial charge in [-0.2, -0.15) is 0 Å². The van der Waals surface area contributed by atoms with Crippen molar-refractivity contribution in [2.24, 2.45) is 11.8 Å². The molecule has 0 aromatic heterocycles. The van der Waals surface area contributed by atoms with Crippen LogP contribution in [0.1, 0.15) is 59.1 Å². The number of carbonyl (C=O) groups is 3. The highest BCUT2D eigenvalue weighted by Crippen LogP contribution is 2.49. The van der Waals surface area contributed by atoms with Gasteiger partial charge in [-0.1, -0.05) is 50.6 Å². The third-order valence-corrected chi connectivity index (χ3v) is 9.24. The molecule has 4 bridgehead atoms. The molecule has 2 fully saturated rings. The lowest BCUT2D eigenvalue weighted by molar-refractivity contribution is -0.157. The van der Waals surface area contributed by atoms with Gasteiger partial charge >= 0.3 is 12.1 Å². The van der Waals surface area contributed by atoms with Crippen LogP contribution in [0.2, 0.25) is 5.02 Å². The number of halogens is 1. The van der Waals surface area contributed by atoms with E-state index in [4.69, 9.17) is 35.3 Å². The average molecular weight is 651 g/mol. The molecule has 3 heterocycles. The number of anilines is 1. The number of aliphatic hydroxyl groups is 2. The minimum absolute atomic E-state index is 0.160. The molecule has 3 aliphatic heterocycles. The standard InChI is InChI=1S/C32H43ClN2O10/c1-16(2)29(38)44-24-14-25(37)35(6)20-12-19(13-21(41-7)26(20)33)27(42-8)17(3)10-9-11-23(36)32(40)15-22(43-30(39)34-32)18(4)28-31(24,5)45-28/h9-13,16,18,22-24,27-28,36,40H,14-15H2,1-8H3,(H,34,39)/b11-9+,17-10+/t18-,22+,23-,24+,27?,28+,31+,32+/m1/s1. The Bertz CT molecular complexity index is 1380. The number of alkyl carbamates (subject to hydrolysis) is 1. The SMILES string of the molecule is COc1cc2cc(c1Cl)N(C)C(=O)C[C@H](OC(=O)C(C)C)[C@]1(C)O[C@H]1[C@H](C)[C@@H]1C[C@@](O)(NC(=O)O1)[C@H](O)/C=C/C=C(\C)C2OC. The number of carbonyl (C=O) groups excluding carboxylic acids is 3. The number of aliphatic hydroxyl groups excluding tert-OH is 1. The molecule has 0 radical (unpaired) electrons. The van der Waals surface area contributed by atoms with Crippen molar-refractivity contribution < 1.29 is 48.3 Å². The van der Waals surface area contributed by atoms with Crippen LogP contribution in [0.4, 0.5) is 10.5 Å². The van der Waals surface area contributed by atoms with E-state index in [1.807, 2.05) is 6.92 Å². The summed E-state index contributed by atoms with van der Waals surface area (Å²) in [4.78, 5) is 40.6. The number of nitrogens with one attached hydrogen (secondary N) is 1. The van der Waals surface area contributed by atoms with Crippen LogP contribution < -0.4 is 15.0 Å². The first kappa shape index (κ1) is 34.7. The zero-order valence-electron chi connectivity index (χ0n) is 26.8. The van der Waals surface area contributed by atoms with E-state index in [2.05, 4.69) is 5.32 Å². The minimum Gasteiger partial charge on any atom is -0.495 e. The molecule has 248 valence electrons. The van der Waals surface area contributed by atoms with Crippen molar-refractivity contribution in [1.29, 1.82) is 0 Å². The summed E-state index contributed by atoms with van der Waals surface area (Å²) in [6.45, 7) is 8.68. The van der Waals surface area contributed by atoms with E-state index in [1.54, 1.807) is 59.0 Å². The molecule has 1 aromatic rings. The number of allylic oxidation sites excluding steroid dienone is 2. The Labute approximate surface area is 268 Å². The monoisotopic (exact) mass is 650 g/mol. The Morgan fingerprint density at radius 3 is 2.56 bits per heavy atom. The summed E-state index contributed by atoms with van der Waals surface area (Å²) in [7, 11) is 4.55. The van der Waals surface area contributed by atoms with Crippen molar-refractivity contribution in [2.75, 3.05) is 26.2 Å². The Morgan fingerprint density at radius 1 is 1.24 bits per heavy atom. The van der Waals surface area contributed by atoms with Gasteiger partial charge < -0.3 is 38.8 Å². The summed E-state index contributed by atoms with van der Waals surface area (Å²) in [6.07, 6.45) is -1.31. The first-order valence-electron chi connectivity index (χ1n) is 14.9. The van der Waals surface area contributed by atoms with Gasteiger partial charge in [-0.05, 0) is 37.1 Å². The van der Waals surface area contributed by atoms with Crippen LogP contribution in [0.15, 0.2) is 35.9 Å². The zero-order chi connectivity index (χ0) is 33.4. The van der Waals surface area contributed by atoms with Crippen LogP contribution in [0.5, 0.6) is 5.75 Å². The molecule has 1 aromatic carbocycles. The minimum atomic E-state index is -2.04. The van der Waals surface area contributed by atoms with Gasteiger partial charge in [0.05, 0.1) is 31.2 Å². The summed E-state index contributed by atoms with van der Waals surface area (Å²) < 4.78 is 28.8. The number of hydrogen-bond acceptors (Lipinski definition) is 10. The van der Waals surface area contributed by atoms with Crippen molar-refractivity contribution >= 4 is 35.3 Å². The van der Waals surface area contributed by atoms with Crippen molar-refractivity contribution in [3.63, 3.8) is 0 Å². The van der Waals surface area contributed by atoms with Crippen molar-refractivity contribution in [3.05, 3.63) is 46.5 Å². The molecule has 45 heavy (non-hydrogen) atoms. The normalized spacial score (nSPS) is 35.8. The zero-order valence-corrected chi connectivity index (χ0v) is 27.6. The first-order chi connectivity index (χ1) is 21.1. The highest BCUT2D eigenvalue weighted by atomic mass is 35.5. The lowest BCUT2D eigenvalue weighted by atomic mass is 9.83. The Morgan fingerprint density at radius 2 is 1.93 bits per heavy atom. The van der Waals surface area contributed by atoms with Gasteiger partial charge in [-0.3, -0.25) is 14.9 Å². The van der Waals surface area contributed by atoms with Crippen LogP contribution in [0.25, 0.3) is 0 Å². The Kier molecular flexibility index (Phi) is 10.3. The molecule has 1 unspecified atom stereocenters. The van der Waals surface area contributed by atoms with Gasteiger partial charge in [-0.15, -0.1) is 0 Å². The molecule has 3 aliphatic rings. The van der Waals surface area contributed by atoms with E-state index >= 15 is 0 Å². The number of nitrogens with zero attached hydrogens (tertiary/aromatic N) is 1. The van der Waals surface area contributed by atoms with E-state index in [0.29, 0.717) is 22.6 Å². The van der Waals surface area contributed by atoms with Gasteiger partial charge in [0, 0.05) is 26.5 Å². The maximum absolute atomic E-state index is 13.9. The molecular formula is C32H43ClN2O10. The fourth-order valence-electron chi connectivity index (χ4n) is 5.91. The number of benzene rings is 1. The maximum Gasteiger partial charge on any atom is 0.409 e. The number of methoxy groups -OCH3 is 2. The summed E-state index contributed by atoms with van der Waals surface area (Å²) in [5, 5.41) is 24.9. The second kappa shape index (κ2) is 13.3. The van der Waals surface area contributed by atoms with Crippen molar-refractivity contribution in [1.82, 2.24) is 5.32 Å². The largest absolute Gasteiger partial charge is 0.495 e. The molecule has 0 aliphatic carbocycles. The molecule has 12 nitrogen and oxygen atoms in total. The topological polar surface area (TPSA) is 156 Å². The number of ether oxygens (including phenoxy) is 5. The summed E-state index contributed by atoms with van der Waals surface area (Å²) >= 11 is 6.70. The fourth-order valence-corrected chi connectivity index (χ4v) is 6.23. The molecule has 8 atom stereocenters. The van der Waals surface area contributed by atoms with E-state index in [-0.39, 0.29) is 17.9 Å². The van der Waals surface area contributed by atoms with Crippen LogP contribution in [0, 0.1) is 11.8 Å². The molecule has 4 rings (SSSR count). The van der Waals surface area contributed by atoms with Crippen LogP contribution in [-0.2, 0) is 28.5 Å². The molecule has 0 saturated carbocycles. The molecular weight excluding hydrogens is 608 g/mol. The average Bonchev–Trinajstić information content (AvgIpc) is 3.68. The summed E-state index contributed by atoms with van der Waals surface area (Å²) in [5.41, 5.74) is -1.47. The highest BCUT2D eigenvalue weighted by Gasteiger charge is 2.64. The van der Waals surface area contributed by atoms with Gasteiger partial charge in [0.2, 0.25) is 5.91 Å². The number of epoxide rings is 1. The highest BCUT2D eigenvalue weighted by molar-refractivity contribution is 6.35. The van der Waals surface area contributed by atoms with Crippen LogP contribution in [-0.4, -0.2) is 85.2 Å². The van der Waals surface area contributed by atoms with Crippen LogP contribution in [0.3, 0.4) is 0 Å². The second-order valence-corrected chi connectivity index (χ2v) is 12.8. The maximum atomic E-state index is 13.9. The molecule has 2 saturated heterocycles. The van der Waals surface area contributed by atoms with Gasteiger partial charge in [0.1, 0.15) is 40.8 Å². The Hall–Kier alpha value is -3.16. The number of hydrogen-bond donors (Lipinski definition) is 3. The van der Waals surface area contributed by atoms with Gasteiger partial charge in [0.25, 0.3) is 0 Å². The van der Waals surface area contributed by atoms with Gasteiger partial charge in [-0.25, -0.2) is 4.79 Å². The van der Waals surface area contributed by atoms with Gasteiger partial charge in [0.15, 0.2) is 5.72 Å². The van der Waals surface area contributed by atoms with E-state index in [0.717, 1.165) is 0 Å². The lowest BCUT2D eigenvalue weighted by Crippen LogP contribution is -2.63. The number of rotatable bonds is 4. The predicted octanol–water partition coefficient (Wildman–Crippen LogP) is 3.81. The van der Waals surface area contributed by atoms with Crippen LogP contribution >= 0.6 is 11.6 Å². The number of amides is 2. The quantitative estimate of drug-likeness (QED) is 0.323. The van der Waals surface area contributed by atoms with E-state index in [1.165, 1.54) is 25.2 Å². The molecule has 0 spiro atoms. The third kappa shape index (κ3) is 7.00. The number of fused-ring (bicyclic) bond motifs is 5. The smallest absolute Gasteiger partial charge is 0.409 e. The third-order valence-electron chi connectivity index (χ3n) is 8.86. The lowest BCUT2D eigenvalue weighted by Gasteiger charge is -2.41. The second-order valence-electron chi connectivity index (χ2n) is 12.4. The fraction of sp³-hybridized carbons (Fsp3) is 0.594. The first-order valence-corrected chi connectivity index (χ1v) is 15.2. The summed E-state index contributed by atoms with van der Waals surface area (Å²) in [5.74, 6) is -1.59. The number of esters is 1. The summed E-state index contributed by atoms with van der Waals surface area (Å²) in [6, 6.07) is 3.42. The van der Waals surface area contributed by atoms with E-state index < -0.39 is 71.7 Å². The van der Waals surface area contributed by atoms with Crippen molar-refractivity contribution in [3.8, 4) is 5.75 Å².